The SMILES string of the molecule is NC(=O)C1CCN(C(=O)CCCCc2nc3ccccc3s2)C1. The van der Waals surface area contributed by atoms with Crippen LogP contribution in [-0.4, -0.2) is 34.8 Å². The molecule has 122 valence electrons. The Kier molecular flexibility index (Phi) is 4.91. The van der Waals surface area contributed by atoms with Gasteiger partial charge >= 0.3 is 0 Å². The molecule has 0 saturated carbocycles. The fraction of sp³-hybridized carbons (Fsp3) is 0.471. The molecule has 1 unspecified atom stereocenters. The van der Waals surface area contributed by atoms with Crippen molar-refractivity contribution in [2.75, 3.05) is 13.1 Å². The highest BCUT2D eigenvalue weighted by Gasteiger charge is 2.29. The van der Waals surface area contributed by atoms with E-state index in [-0.39, 0.29) is 17.7 Å². The number of carbonyl (C=O) groups is 2. The number of unbranched alkanes of at least 4 members (excludes halogenated alkanes) is 1. The van der Waals surface area contributed by atoms with Crippen molar-refractivity contribution in [1.82, 2.24) is 9.88 Å². The third kappa shape index (κ3) is 3.88. The van der Waals surface area contributed by atoms with Gasteiger partial charge in [0.15, 0.2) is 0 Å². The Morgan fingerprint density at radius 2 is 2.13 bits per heavy atom. The second kappa shape index (κ2) is 7.08. The first-order chi connectivity index (χ1) is 11.1. The fourth-order valence-electron chi connectivity index (χ4n) is 2.96. The number of nitrogens with zero attached hydrogens (tertiary/aromatic N) is 2. The number of nitrogens with two attached hydrogens (primary N) is 1. The number of benzene rings is 1. The molecule has 0 radical (unpaired) electrons. The Hall–Kier alpha value is -1.95. The molecule has 2 N–H and O–H groups in total. The first-order valence-corrected chi connectivity index (χ1v) is 8.86. The molecule has 2 aromatic rings. The van der Waals surface area contributed by atoms with Crippen molar-refractivity contribution in [3.05, 3.63) is 29.3 Å². The maximum Gasteiger partial charge on any atom is 0.222 e. The van der Waals surface area contributed by atoms with Crippen LogP contribution >= 0.6 is 11.3 Å². The molecular formula is C17H21N3O2S. The van der Waals surface area contributed by atoms with Crippen molar-refractivity contribution >= 4 is 33.4 Å². The number of para-hydroxylation sites is 1. The molecule has 1 aliphatic heterocycles. The molecule has 0 aliphatic carbocycles. The number of likely N-dealkylation sites (tertiary alicyclic amines) is 1. The number of amides is 2. The zero-order chi connectivity index (χ0) is 16.2. The van der Waals surface area contributed by atoms with Crippen LogP contribution in [0.5, 0.6) is 0 Å². The van der Waals surface area contributed by atoms with Crippen LogP contribution in [0.1, 0.15) is 30.7 Å². The summed E-state index contributed by atoms with van der Waals surface area (Å²) in [6.07, 6.45) is 3.96. The Bertz CT molecular complexity index is 680. The topological polar surface area (TPSA) is 76.3 Å². The number of hydrogen-bond acceptors (Lipinski definition) is 4. The number of hydrogen-bond donors (Lipinski definition) is 1. The molecule has 1 aromatic carbocycles. The number of rotatable bonds is 6. The summed E-state index contributed by atoms with van der Waals surface area (Å²) in [6, 6.07) is 8.14. The third-order valence-electron chi connectivity index (χ3n) is 4.31. The molecule has 1 atom stereocenters. The zero-order valence-electron chi connectivity index (χ0n) is 13.0. The number of thiazole rings is 1. The van der Waals surface area contributed by atoms with Gasteiger partial charge in [-0.25, -0.2) is 4.98 Å². The molecule has 6 heteroatoms. The average molecular weight is 331 g/mol. The van der Waals surface area contributed by atoms with Crippen molar-refractivity contribution in [3.8, 4) is 0 Å². The van der Waals surface area contributed by atoms with Crippen LogP contribution in [0.4, 0.5) is 0 Å². The van der Waals surface area contributed by atoms with Gasteiger partial charge in [-0.2, -0.15) is 0 Å². The third-order valence-corrected chi connectivity index (χ3v) is 5.41. The van der Waals surface area contributed by atoms with E-state index in [0.717, 1.165) is 29.8 Å². The van der Waals surface area contributed by atoms with Gasteiger partial charge in [0.05, 0.1) is 21.1 Å². The van der Waals surface area contributed by atoms with E-state index in [1.165, 1.54) is 4.70 Å². The van der Waals surface area contributed by atoms with E-state index in [1.807, 2.05) is 18.2 Å². The van der Waals surface area contributed by atoms with E-state index in [9.17, 15) is 9.59 Å². The molecule has 2 heterocycles. The summed E-state index contributed by atoms with van der Waals surface area (Å²) in [4.78, 5) is 29.6. The molecule has 1 fully saturated rings. The highest BCUT2D eigenvalue weighted by atomic mass is 32.1. The Morgan fingerprint density at radius 1 is 1.30 bits per heavy atom. The lowest BCUT2D eigenvalue weighted by atomic mass is 10.1. The minimum atomic E-state index is -0.295. The number of carbonyl (C=O) groups excluding carboxylic acids is 2. The smallest absolute Gasteiger partial charge is 0.222 e. The van der Waals surface area contributed by atoms with Gasteiger partial charge in [0.1, 0.15) is 0 Å². The maximum absolute atomic E-state index is 12.1. The molecule has 2 amide bonds. The minimum Gasteiger partial charge on any atom is -0.369 e. The largest absolute Gasteiger partial charge is 0.369 e. The summed E-state index contributed by atoms with van der Waals surface area (Å²) < 4.78 is 1.22. The Morgan fingerprint density at radius 3 is 2.87 bits per heavy atom. The number of fused-ring (bicyclic) bond motifs is 1. The minimum absolute atomic E-state index is 0.137. The Balaban J connectivity index is 1.41. The van der Waals surface area contributed by atoms with Crippen LogP contribution in [0.2, 0.25) is 0 Å². The predicted molar refractivity (Wildman–Crippen MR) is 91.1 cm³/mol. The zero-order valence-corrected chi connectivity index (χ0v) is 13.8. The maximum atomic E-state index is 12.1. The molecule has 5 nitrogen and oxygen atoms in total. The van der Waals surface area contributed by atoms with Gasteiger partial charge in [-0.05, 0) is 37.8 Å². The predicted octanol–water partition coefficient (Wildman–Crippen LogP) is 2.34. The molecule has 0 bridgehead atoms. The van der Waals surface area contributed by atoms with Gasteiger partial charge in [-0.3, -0.25) is 9.59 Å². The molecule has 1 saturated heterocycles. The summed E-state index contributed by atoms with van der Waals surface area (Å²) in [5, 5.41) is 1.13. The van der Waals surface area contributed by atoms with Gasteiger partial charge in [0.25, 0.3) is 0 Å². The van der Waals surface area contributed by atoms with Gasteiger partial charge in [0, 0.05) is 19.5 Å². The van der Waals surface area contributed by atoms with E-state index < -0.39 is 0 Å². The molecular weight excluding hydrogens is 310 g/mol. The van der Waals surface area contributed by atoms with Gasteiger partial charge < -0.3 is 10.6 Å². The van der Waals surface area contributed by atoms with Gasteiger partial charge in [0.2, 0.25) is 11.8 Å². The molecule has 1 aromatic heterocycles. The Labute approximate surface area is 139 Å². The van der Waals surface area contributed by atoms with Crippen molar-refractivity contribution < 1.29 is 9.59 Å². The standard InChI is InChI=1S/C17H21N3O2S/c18-17(22)12-9-10-20(11-12)16(21)8-4-3-7-15-19-13-5-1-2-6-14(13)23-15/h1-2,5-6,12H,3-4,7-11H2,(H2,18,22). The number of primary amides is 1. The first-order valence-electron chi connectivity index (χ1n) is 8.05. The quantitative estimate of drug-likeness (QED) is 0.826. The van der Waals surface area contributed by atoms with Crippen LogP contribution in [0.25, 0.3) is 10.2 Å². The lowest BCUT2D eigenvalue weighted by Gasteiger charge is -2.15. The first kappa shape index (κ1) is 15.9. The van der Waals surface area contributed by atoms with Crippen molar-refractivity contribution in [2.24, 2.45) is 11.7 Å². The van der Waals surface area contributed by atoms with E-state index in [2.05, 4.69) is 11.1 Å². The summed E-state index contributed by atoms with van der Waals surface area (Å²) in [6.45, 7) is 1.15. The monoisotopic (exact) mass is 331 g/mol. The van der Waals surface area contributed by atoms with E-state index >= 15 is 0 Å². The number of aryl methyl sites for hydroxylation is 1. The highest BCUT2D eigenvalue weighted by molar-refractivity contribution is 7.18. The summed E-state index contributed by atoms with van der Waals surface area (Å²) >= 11 is 1.73. The summed E-state index contributed by atoms with van der Waals surface area (Å²) in [5.74, 6) is -0.323. The van der Waals surface area contributed by atoms with Crippen LogP contribution in [0.3, 0.4) is 0 Å². The average Bonchev–Trinajstić information content (AvgIpc) is 3.17. The van der Waals surface area contributed by atoms with E-state index in [0.29, 0.717) is 25.9 Å². The van der Waals surface area contributed by atoms with Crippen molar-refractivity contribution in [2.45, 2.75) is 32.1 Å². The van der Waals surface area contributed by atoms with E-state index in [1.54, 1.807) is 16.2 Å². The molecule has 1 aliphatic rings. The van der Waals surface area contributed by atoms with Crippen molar-refractivity contribution in [3.63, 3.8) is 0 Å². The van der Waals surface area contributed by atoms with Gasteiger partial charge in [-0.15, -0.1) is 11.3 Å². The number of aromatic nitrogens is 1. The second-order valence-corrected chi connectivity index (χ2v) is 7.13. The normalized spacial score (nSPS) is 17.7. The van der Waals surface area contributed by atoms with Crippen molar-refractivity contribution in [1.29, 1.82) is 0 Å². The lowest BCUT2D eigenvalue weighted by molar-refractivity contribution is -0.130. The summed E-state index contributed by atoms with van der Waals surface area (Å²) in [5.41, 5.74) is 6.35. The molecule has 3 rings (SSSR count). The van der Waals surface area contributed by atoms with Crippen LogP contribution in [-0.2, 0) is 16.0 Å². The van der Waals surface area contributed by atoms with Crippen LogP contribution in [0, 0.1) is 5.92 Å². The van der Waals surface area contributed by atoms with E-state index in [4.69, 9.17) is 5.73 Å². The van der Waals surface area contributed by atoms with Gasteiger partial charge in [-0.1, -0.05) is 12.1 Å². The van der Waals surface area contributed by atoms with Crippen LogP contribution in [0.15, 0.2) is 24.3 Å². The van der Waals surface area contributed by atoms with Crippen LogP contribution < -0.4 is 5.73 Å². The molecule has 23 heavy (non-hydrogen) atoms. The molecule has 0 spiro atoms. The fourth-order valence-corrected chi connectivity index (χ4v) is 3.97. The second-order valence-electron chi connectivity index (χ2n) is 6.01. The highest BCUT2D eigenvalue weighted by Crippen LogP contribution is 2.23. The lowest BCUT2D eigenvalue weighted by Crippen LogP contribution is -2.31. The summed E-state index contributed by atoms with van der Waals surface area (Å²) in [7, 11) is 0.